The molecule has 0 saturated carbocycles. The Balaban J connectivity index is 1.49. The second-order valence-electron chi connectivity index (χ2n) is 7.02. The van der Waals surface area contributed by atoms with Crippen LogP contribution in [0.3, 0.4) is 0 Å². The molecule has 2 aromatic carbocycles. The Morgan fingerprint density at radius 2 is 2.03 bits per heavy atom. The van der Waals surface area contributed by atoms with Gasteiger partial charge in [0.05, 0.1) is 10.7 Å². The van der Waals surface area contributed by atoms with Crippen molar-refractivity contribution >= 4 is 11.6 Å². The Bertz CT molecular complexity index is 1040. The highest BCUT2D eigenvalue weighted by Crippen LogP contribution is 2.26. The Kier molecular flexibility index (Phi) is 5.79. The first-order chi connectivity index (χ1) is 14.1. The van der Waals surface area contributed by atoms with Crippen LogP contribution in [0.15, 0.2) is 48.5 Å². The molecule has 1 aliphatic rings. The van der Waals surface area contributed by atoms with Gasteiger partial charge in [0.1, 0.15) is 24.2 Å². The van der Waals surface area contributed by atoms with Crippen LogP contribution in [-0.2, 0) is 26.2 Å². The molecule has 0 saturated heterocycles. The molecule has 148 valence electrons. The zero-order chi connectivity index (χ0) is 20.2. The minimum atomic E-state index is -0.371. The predicted octanol–water partition coefficient (Wildman–Crippen LogP) is 4.53. The lowest BCUT2D eigenvalue weighted by atomic mass is 10.1. The van der Waals surface area contributed by atoms with E-state index in [2.05, 4.69) is 16.1 Å². The average Bonchev–Trinajstić information content (AvgIpc) is 3.01. The van der Waals surface area contributed by atoms with E-state index in [1.54, 1.807) is 12.1 Å². The van der Waals surface area contributed by atoms with Gasteiger partial charge in [0.2, 0.25) is 0 Å². The topological polar surface area (TPSA) is 54.1 Å². The maximum Gasteiger partial charge on any atom is 0.162 e. The lowest BCUT2D eigenvalue weighted by molar-refractivity contribution is 0.248. The summed E-state index contributed by atoms with van der Waals surface area (Å²) in [5, 5.41) is 13.8. The molecule has 0 radical (unpaired) electrons. The summed E-state index contributed by atoms with van der Waals surface area (Å²) in [5.41, 5.74) is 2.86. The van der Waals surface area contributed by atoms with Gasteiger partial charge in [-0.05, 0) is 30.7 Å². The fourth-order valence-corrected chi connectivity index (χ4v) is 3.77. The molecule has 0 amide bonds. The largest absolute Gasteiger partial charge is 0.488 e. The van der Waals surface area contributed by atoms with Gasteiger partial charge in [0, 0.05) is 37.3 Å². The lowest BCUT2D eigenvalue weighted by Crippen LogP contribution is -2.23. The zero-order valence-corrected chi connectivity index (χ0v) is 16.6. The molecule has 7 heteroatoms. The fourth-order valence-electron chi connectivity index (χ4n) is 3.55. The van der Waals surface area contributed by atoms with Crippen LogP contribution >= 0.6 is 11.6 Å². The molecule has 0 N–H and O–H groups in total. The molecule has 1 aromatic heterocycles. The number of rotatable bonds is 5. The van der Waals surface area contributed by atoms with Gasteiger partial charge >= 0.3 is 0 Å². The van der Waals surface area contributed by atoms with Crippen molar-refractivity contribution < 1.29 is 9.13 Å². The van der Waals surface area contributed by atoms with Crippen LogP contribution < -0.4 is 4.74 Å². The number of benzene rings is 2. The molecule has 1 aliphatic heterocycles. The Morgan fingerprint density at radius 3 is 2.86 bits per heavy atom. The van der Waals surface area contributed by atoms with Crippen LogP contribution in [0.25, 0.3) is 0 Å². The van der Waals surface area contributed by atoms with E-state index in [9.17, 15) is 4.39 Å². The summed E-state index contributed by atoms with van der Waals surface area (Å²) in [6, 6.07) is 16.3. The molecule has 0 bridgehead atoms. The first-order valence-electron chi connectivity index (χ1n) is 9.47. The second kappa shape index (κ2) is 8.64. The van der Waals surface area contributed by atoms with Gasteiger partial charge in [0.15, 0.2) is 5.69 Å². The maximum absolute atomic E-state index is 14.0. The highest BCUT2D eigenvalue weighted by molar-refractivity contribution is 6.31. The zero-order valence-electron chi connectivity index (χ0n) is 15.8. The van der Waals surface area contributed by atoms with E-state index in [4.69, 9.17) is 21.6 Å². The molecule has 5 nitrogen and oxygen atoms in total. The number of fused-ring (bicyclic) bond motifs is 1. The van der Waals surface area contributed by atoms with Gasteiger partial charge in [-0.25, -0.2) is 4.39 Å². The summed E-state index contributed by atoms with van der Waals surface area (Å²) >= 11 is 6.11. The second-order valence-corrected chi connectivity index (χ2v) is 7.42. The van der Waals surface area contributed by atoms with E-state index in [0.29, 0.717) is 35.1 Å². The van der Waals surface area contributed by atoms with E-state index in [0.717, 1.165) is 30.8 Å². The van der Waals surface area contributed by atoms with E-state index in [1.807, 2.05) is 35.0 Å². The SMILES string of the molecule is N#Cc1cc2n(n1)CCCN(Cc1ccccc1OCc1c(F)cccc1Cl)C2. The first-order valence-corrected chi connectivity index (χ1v) is 9.84. The van der Waals surface area contributed by atoms with Crippen LogP contribution in [0.4, 0.5) is 4.39 Å². The Morgan fingerprint density at radius 1 is 1.17 bits per heavy atom. The maximum atomic E-state index is 14.0. The molecule has 0 unspecified atom stereocenters. The monoisotopic (exact) mass is 410 g/mol. The van der Waals surface area contributed by atoms with Crippen molar-refractivity contribution in [2.75, 3.05) is 6.54 Å². The first kappa shape index (κ1) is 19.4. The number of aryl methyl sites for hydroxylation is 1. The number of nitriles is 1. The van der Waals surface area contributed by atoms with Crippen molar-refractivity contribution in [3.05, 3.63) is 81.9 Å². The van der Waals surface area contributed by atoms with Gasteiger partial charge in [-0.3, -0.25) is 9.58 Å². The average molecular weight is 411 g/mol. The Labute approximate surface area is 173 Å². The minimum Gasteiger partial charge on any atom is -0.488 e. The van der Waals surface area contributed by atoms with Gasteiger partial charge in [-0.15, -0.1) is 0 Å². The number of nitrogens with zero attached hydrogens (tertiary/aromatic N) is 4. The van der Waals surface area contributed by atoms with E-state index >= 15 is 0 Å². The summed E-state index contributed by atoms with van der Waals surface area (Å²) in [7, 11) is 0. The summed E-state index contributed by atoms with van der Waals surface area (Å²) < 4.78 is 21.9. The van der Waals surface area contributed by atoms with Gasteiger partial charge < -0.3 is 4.74 Å². The number of ether oxygens (including phenoxy) is 1. The van der Waals surface area contributed by atoms with Crippen LogP contribution in [0.5, 0.6) is 5.75 Å². The van der Waals surface area contributed by atoms with E-state index < -0.39 is 0 Å². The Hall–Kier alpha value is -2.88. The van der Waals surface area contributed by atoms with Crippen LogP contribution in [0.1, 0.15) is 28.9 Å². The van der Waals surface area contributed by atoms with Crippen molar-refractivity contribution in [2.24, 2.45) is 0 Å². The highest BCUT2D eigenvalue weighted by Gasteiger charge is 2.18. The molecule has 2 heterocycles. The van der Waals surface area contributed by atoms with Crippen molar-refractivity contribution in [1.29, 1.82) is 5.26 Å². The number of hydrogen-bond donors (Lipinski definition) is 0. The molecule has 3 aromatic rings. The molecule has 0 spiro atoms. The normalized spacial score (nSPS) is 14.1. The predicted molar refractivity (Wildman–Crippen MR) is 108 cm³/mol. The third kappa shape index (κ3) is 4.42. The number of halogens is 2. The summed E-state index contributed by atoms with van der Waals surface area (Å²) in [4.78, 5) is 2.31. The quantitative estimate of drug-likeness (QED) is 0.620. The smallest absolute Gasteiger partial charge is 0.162 e. The summed E-state index contributed by atoms with van der Waals surface area (Å²) in [6.45, 7) is 3.19. The van der Waals surface area contributed by atoms with Gasteiger partial charge in [0.25, 0.3) is 0 Å². The molecule has 0 atom stereocenters. The molecule has 0 aliphatic carbocycles. The number of para-hydroxylation sites is 1. The van der Waals surface area contributed by atoms with Gasteiger partial charge in [-0.1, -0.05) is 35.9 Å². The van der Waals surface area contributed by atoms with Gasteiger partial charge in [-0.2, -0.15) is 10.4 Å². The minimum absolute atomic E-state index is 0.0703. The standard InChI is InChI=1S/C22H20ClFN4O/c23-20-6-3-7-21(24)19(20)15-29-22-8-2-1-5-16(22)13-27-9-4-10-28-18(14-27)11-17(12-25)26-28/h1-3,5-8,11H,4,9-10,13-15H2. The molecule has 0 fully saturated rings. The van der Waals surface area contributed by atoms with E-state index in [1.165, 1.54) is 6.07 Å². The van der Waals surface area contributed by atoms with Crippen molar-refractivity contribution in [1.82, 2.24) is 14.7 Å². The summed E-state index contributed by atoms with van der Waals surface area (Å²) in [6.07, 6.45) is 0.952. The highest BCUT2D eigenvalue weighted by atomic mass is 35.5. The molecular formula is C22H20ClFN4O. The van der Waals surface area contributed by atoms with Crippen LogP contribution in [-0.4, -0.2) is 21.2 Å². The van der Waals surface area contributed by atoms with Crippen LogP contribution in [0, 0.1) is 17.1 Å². The van der Waals surface area contributed by atoms with Crippen LogP contribution in [0.2, 0.25) is 5.02 Å². The number of aromatic nitrogens is 2. The lowest BCUT2D eigenvalue weighted by Gasteiger charge is -2.21. The van der Waals surface area contributed by atoms with E-state index in [-0.39, 0.29) is 12.4 Å². The molecular weight excluding hydrogens is 391 g/mol. The summed E-state index contributed by atoms with van der Waals surface area (Å²) in [5.74, 6) is 0.339. The van der Waals surface area contributed by atoms with Crippen molar-refractivity contribution in [3.63, 3.8) is 0 Å². The molecule has 29 heavy (non-hydrogen) atoms. The molecule has 4 rings (SSSR count). The number of hydrogen-bond acceptors (Lipinski definition) is 4. The van der Waals surface area contributed by atoms with Crippen molar-refractivity contribution in [3.8, 4) is 11.8 Å². The van der Waals surface area contributed by atoms with Crippen molar-refractivity contribution in [2.45, 2.75) is 32.7 Å². The fraction of sp³-hybridized carbons (Fsp3) is 0.273. The third-order valence-corrected chi connectivity index (χ3v) is 5.36. The third-order valence-electron chi connectivity index (χ3n) is 5.01.